The van der Waals surface area contributed by atoms with Gasteiger partial charge in [0.15, 0.2) is 6.61 Å². The van der Waals surface area contributed by atoms with Crippen LogP contribution in [0.4, 0.5) is 0 Å². The van der Waals surface area contributed by atoms with Gasteiger partial charge in [-0.2, -0.15) is 0 Å². The van der Waals surface area contributed by atoms with Crippen LogP contribution in [0.2, 0.25) is 0 Å². The molecule has 2 aliphatic heterocycles. The zero-order chi connectivity index (χ0) is 34.8. The molecule has 2 aliphatic rings. The Bertz CT molecular complexity index is 1750. The fraction of sp³-hybridized carbons (Fsp3) is 0.250. The molecule has 254 valence electrons. The van der Waals surface area contributed by atoms with Crippen LogP contribution in [0.1, 0.15) is 21.6 Å². The van der Waals surface area contributed by atoms with E-state index < -0.39 is 53.8 Å². The number of carbonyl (C=O) groups excluding carboxylic acids is 4. The number of carboxylic acids is 1. The summed E-state index contributed by atoms with van der Waals surface area (Å²) in [7, 11) is 0. The Hall–Kier alpha value is -5.01. The first-order valence-corrected chi connectivity index (χ1v) is 17.3. The van der Waals surface area contributed by atoms with Gasteiger partial charge in [0.2, 0.25) is 17.7 Å². The van der Waals surface area contributed by atoms with Crippen molar-refractivity contribution in [3.05, 3.63) is 122 Å². The number of carboxylic acid groups (broad SMARTS) is 1. The molecule has 0 radical (unpaired) electrons. The number of thiophene rings is 1. The molecule has 5 N–H and O–H groups in total. The molecule has 49 heavy (non-hydrogen) atoms. The minimum atomic E-state index is -1.31. The summed E-state index contributed by atoms with van der Waals surface area (Å²) in [5, 5.41) is 22.8. The molecule has 6 rings (SSSR count). The van der Waals surface area contributed by atoms with E-state index in [0.29, 0.717) is 11.3 Å². The Morgan fingerprint density at radius 3 is 1.90 bits per heavy atom. The second kappa shape index (κ2) is 16.9. The quantitative estimate of drug-likeness (QED) is 0.182. The number of hydrogen-bond donors (Lipinski definition) is 5. The smallest absolute Gasteiger partial charge is 0.326 e. The summed E-state index contributed by atoms with van der Waals surface area (Å²) in [4.78, 5) is 67.9. The number of aliphatic carboxylic acids is 1. The number of carbonyl (C=O) groups is 5. The van der Waals surface area contributed by atoms with Crippen LogP contribution in [0.5, 0.6) is 5.75 Å². The maximum absolute atomic E-state index is 14.1. The van der Waals surface area contributed by atoms with Gasteiger partial charge in [-0.3, -0.25) is 19.2 Å². The third-order valence-corrected chi connectivity index (χ3v) is 9.31. The second-order valence-corrected chi connectivity index (χ2v) is 13.5. The molecular formula is C36H35BrN4O7S. The number of nitrogens with one attached hydrogen (secondary N) is 4. The van der Waals surface area contributed by atoms with Crippen molar-refractivity contribution in [1.82, 2.24) is 21.3 Å². The fourth-order valence-electron chi connectivity index (χ4n) is 5.32. The van der Waals surface area contributed by atoms with Crippen molar-refractivity contribution >= 4 is 56.9 Å². The molecule has 2 bridgehead atoms. The summed E-state index contributed by atoms with van der Waals surface area (Å²) in [5.41, 5.74) is 2.07. The Labute approximate surface area is 295 Å². The molecule has 1 aromatic heterocycles. The molecule has 3 heterocycles. The molecule has 0 fully saturated rings. The maximum atomic E-state index is 14.1. The highest BCUT2D eigenvalue weighted by atomic mass is 79.9. The monoisotopic (exact) mass is 746 g/mol. The van der Waals surface area contributed by atoms with E-state index in [1.165, 1.54) is 11.3 Å². The van der Waals surface area contributed by atoms with Crippen LogP contribution >= 0.6 is 27.3 Å². The summed E-state index contributed by atoms with van der Waals surface area (Å²) in [6, 6.07) is 21.7. The molecule has 0 saturated carbocycles. The Kier molecular flexibility index (Phi) is 12.2. The first-order chi connectivity index (χ1) is 23.6. The van der Waals surface area contributed by atoms with Crippen molar-refractivity contribution < 1.29 is 33.8 Å². The van der Waals surface area contributed by atoms with E-state index in [-0.39, 0.29) is 32.3 Å². The van der Waals surface area contributed by atoms with E-state index >= 15 is 0 Å². The summed E-state index contributed by atoms with van der Waals surface area (Å²) < 4.78 is 6.48. The van der Waals surface area contributed by atoms with Crippen LogP contribution in [0.15, 0.2) is 101 Å². The third kappa shape index (κ3) is 10.5. The number of halogens is 1. The van der Waals surface area contributed by atoms with Crippen LogP contribution in [-0.4, -0.2) is 65.5 Å². The largest absolute Gasteiger partial charge is 0.484 e. The Morgan fingerprint density at radius 1 is 0.714 bits per heavy atom. The summed E-state index contributed by atoms with van der Waals surface area (Å²) in [6.45, 7) is -0.384. The molecule has 0 saturated heterocycles. The lowest BCUT2D eigenvalue weighted by molar-refractivity contribution is -0.142. The molecule has 0 aliphatic carbocycles. The number of benzene rings is 3. The van der Waals surface area contributed by atoms with Gasteiger partial charge in [-0.15, -0.1) is 11.3 Å². The lowest BCUT2D eigenvalue weighted by Gasteiger charge is -2.26. The van der Waals surface area contributed by atoms with E-state index in [4.69, 9.17) is 4.74 Å². The molecule has 11 nitrogen and oxygen atoms in total. The van der Waals surface area contributed by atoms with E-state index in [2.05, 4.69) is 37.2 Å². The molecule has 1 unspecified atom stereocenters. The maximum Gasteiger partial charge on any atom is 0.326 e. The highest BCUT2D eigenvalue weighted by Crippen LogP contribution is 2.17. The van der Waals surface area contributed by atoms with E-state index in [9.17, 15) is 29.1 Å². The second-order valence-electron chi connectivity index (χ2n) is 11.6. The van der Waals surface area contributed by atoms with Crippen molar-refractivity contribution in [2.45, 2.75) is 49.9 Å². The normalized spacial score (nSPS) is 20.8. The highest BCUT2D eigenvalue weighted by Gasteiger charge is 2.32. The summed E-state index contributed by atoms with van der Waals surface area (Å²) in [6.07, 6.45) is 0.262. The van der Waals surface area contributed by atoms with Crippen molar-refractivity contribution in [2.24, 2.45) is 0 Å². The van der Waals surface area contributed by atoms with Gasteiger partial charge in [0.05, 0.1) is 0 Å². The number of rotatable bonds is 7. The first-order valence-electron chi connectivity index (χ1n) is 15.6. The lowest BCUT2D eigenvalue weighted by Crippen LogP contribution is -2.59. The van der Waals surface area contributed by atoms with Gasteiger partial charge in [-0.1, -0.05) is 76.6 Å². The van der Waals surface area contributed by atoms with Crippen molar-refractivity contribution in [2.75, 3.05) is 6.61 Å². The Balaban J connectivity index is 1.50. The van der Waals surface area contributed by atoms with Gasteiger partial charge >= 0.3 is 5.97 Å². The van der Waals surface area contributed by atoms with Crippen LogP contribution < -0.4 is 26.0 Å². The Morgan fingerprint density at radius 2 is 1.31 bits per heavy atom. The zero-order valence-electron chi connectivity index (χ0n) is 26.3. The van der Waals surface area contributed by atoms with E-state index in [1.54, 1.807) is 60.7 Å². The average molecular weight is 748 g/mol. The number of hydrogen-bond acceptors (Lipinski definition) is 7. The molecule has 4 amide bonds. The van der Waals surface area contributed by atoms with Crippen LogP contribution in [0, 0.1) is 0 Å². The predicted octanol–water partition coefficient (Wildman–Crippen LogP) is 3.20. The van der Waals surface area contributed by atoms with Crippen molar-refractivity contribution in [1.29, 1.82) is 0 Å². The topological polar surface area (TPSA) is 163 Å². The SMILES string of the molecule is O=C1COc2ccc(cc2)C[C@@H](C(=O)O)NC(=O)C(Cc2ccccc2)NC(=O)[C@H](Cc2ccc(Br)cc2)NC(=O)[C@H](Cc2cccs2)N1. The first kappa shape index (κ1) is 35.3. The molecular weight excluding hydrogens is 712 g/mol. The zero-order valence-corrected chi connectivity index (χ0v) is 28.7. The van der Waals surface area contributed by atoms with Gasteiger partial charge in [-0.05, 0) is 52.4 Å². The average Bonchev–Trinajstić information content (AvgIpc) is 3.61. The van der Waals surface area contributed by atoms with Gasteiger partial charge in [-0.25, -0.2) is 4.79 Å². The lowest BCUT2D eigenvalue weighted by atomic mass is 10.0. The predicted molar refractivity (Wildman–Crippen MR) is 187 cm³/mol. The minimum Gasteiger partial charge on any atom is -0.484 e. The van der Waals surface area contributed by atoms with Crippen molar-refractivity contribution in [3.8, 4) is 5.75 Å². The molecule has 3 aromatic carbocycles. The van der Waals surface area contributed by atoms with E-state index in [1.807, 2.05) is 35.7 Å². The highest BCUT2D eigenvalue weighted by molar-refractivity contribution is 9.10. The molecule has 4 aromatic rings. The van der Waals surface area contributed by atoms with Crippen LogP contribution in [0.25, 0.3) is 0 Å². The van der Waals surface area contributed by atoms with Crippen LogP contribution in [-0.2, 0) is 49.7 Å². The van der Waals surface area contributed by atoms with E-state index in [0.717, 1.165) is 20.5 Å². The number of fused-ring (bicyclic) bond motifs is 16. The minimum absolute atomic E-state index is 0.0412. The number of amides is 4. The standard InChI is InChI=1S/C36H35BrN4O7S/c37-25-12-8-23(9-13-25)18-29-33(43)39-28(17-22-5-2-1-3-6-22)34(44)41-31(36(46)47)19-24-10-14-26(15-11-24)48-21-32(42)38-30(35(45)40-29)20-27-7-4-16-49-27/h1-16,28-31H,17-21H2,(H,38,42)(H,39,43)(H,40,45)(H,41,44)(H,46,47)/t28?,29-,30-,31-/m0/s1. The summed E-state index contributed by atoms with van der Waals surface area (Å²) in [5.74, 6) is -3.39. The molecule has 0 spiro atoms. The fourth-order valence-corrected chi connectivity index (χ4v) is 6.34. The third-order valence-electron chi connectivity index (χ3n) is 7.89. The van der Waals surface area contributed by atoms with Crippen molar-refractivity contribution in [3.63, 3.8) is 0 Å². The van der Waals surface area contributed by atoms with Gasteiger partial charge in [0, 0.05) is 35.0 Å². The van der Waals surface area contributed by atoms with Gasteiger partial charge < -0.3 is 31.1 Å². The summed E-state index contributed by atoms with van der Waals surface area (Å²) >= 11 is 4.84. The van der Waals surface area contributed by atoms with Gasteiger partial charge in [0.1, 0.15) is 29.9 Å². The van der Waals surface area contributed by atoms with Crippen LogP contribution in [0.3, 0.4) is 0 Å². The number of ether oxygens (including phenoxy) is 1. The molecule has 4 atom stereocenters. The molecule has 13 heteroatoms. The van der Waals surface area contributed by atoms with Gasteiger partial charge in [0.25, 0.3) is 5.91 Å².